The molecule has 0 aliphatic carbocycles. The first-order valence-electron chi connectivity index (χ1n) is 10.4. The van der Waals surface area contributed by atoms with Crippen molar-refractivity contribution in [2.24, 2.45) is 5.41 Å². The van der Waals surface area contributed by atoms with E-state index in [1.807, 2.05) is 6.20 Å². The largest absolute Gasteiger partial charge is 0.378 e. The van der Waals surface area contributed by atoms with Crippen molar-refractivity contribution in [3.63, 3.8) is 0 Å². The lowest BCUT2D eigenvalue weighted by molar-refractivity contribution is -0.148. The van der Waals surface area contributed by atoms with Crippen LogP contribution in [0.2, 0.25) is 0 Å². The lowest BCUT2D eigenvalue weighted by atomic mass is 9.70. The van der Waals surface area contributed by atoms with Gasteiger partial charge in [0.2, 0.25) is 5.91 Å². The maximum absolute atomic E-state index is 13.5. The summed E-state index contributed by atoms with van der Waals surface area (Å²) in [6.07, 6.45) is 6.35. The summed E-state index contributed by atoms with van der Waals surface area (Å²) in [7, 11) is 0. The van der Waals surface area contributed by atoms with Gasteiger partial charge in [-0.05, 0) is 54.8 Å². The van der Waals surface area contributed by atoms with E-state index in [1.165, 1.54) is 22.9 Å². The summed E-state index contributed by atoms with van der Waals surface area (Å²) >= 11 is 0. The highest BCUT2D eigenvalue weighted by Gasteiger charge is 2.59. The molecule has 0 radical (unpaired) electrons. The highest BCUT2D eigenvalue weighted by atomic mass is 16.5. The molecule has 1 aromatic heterocycles. The van der Waals surface area contributed by atoms with Gasteiger partial charge in [0.25, 0.3) is 0 Å². The number of aromatic nitrogens is 1. The fourth-order valence-corrected chi connectivity index (χ4v) is 5.80. The summed E-state index contributed by atoms with van der Waals surface area (Å²) in [5.41, 5.74) is 2.34. The first-order chi connectivity index (χ1) is 13.2. The van der Waals surface area contributed by atoms with Crippen LogP contribution in [0.3, 0.4) is 0 Å². The van der Waals surface area contributed by atoms with Crippen molar-refractivity contribution in [2.45, 2.75) is 51.2 Å². The number of carbonyl (C=O) groups is 1. The van der Waals surface area contributed by atoms with Gasteiger partial charge in [-0.25, -0.2) is 0 Å². The van der Waals surface area contributed by atoms with Gasteiger partial charge in [-0.2, -0.15) is 0 Å². The van der Waals surface area contributed by atoms with Crippen molar-refractivity contribution in [3.05, 3.63) is 36.0 Å². The number of ether oxygens (including phenoxy) is 1. The predicted molar refractivity (Wildman–Crippen MR) is 105 cm³/mol. The van der Waals surface area contributed by atoms with Gasteiger partial charge in [-0.15, -0.1) is 0 Å². The maximum Gasteiger partial charge on any atom is 0.230 e. The Morgan fingerprint density at radius 2 is 2.11 bits per heavy atom. The van der Waals surface area contributed by atoms with E-state index in [4.69, 9.17) is 4.74 Å². The van der Waals surface area contributed by atoms with Gasteiger partial charge in [0, 0.05) is 43.4 Å². The molecule has 1 N–H and O–H groups in total. The fraction of sp³-hybridized carbons (Fsp3) is 0.591. The maximum atomic E-state index is 13.5. The molecule has 144 valence electrons. The van der Waals surface area contributed by atoms with E-state index in [9.17, 15) is 4.79 Å². The Kier molecular flexibility index (Phi) is 4.25. The first-order valence-corrected chi connectivity index (χ1v) is 10.4. The summed E-state index contributed by atoms with van der Waals surface area (Å²) in [6.45, 7) is 6.03. The second-order valence-corrected chi connectivity index (χ2v) is 8.44. The van der Waals surface area contributed by atoms with Crippen LogP contribution < -0.4 is 0 Å². The second-order valence-electron chi connectivity index (χ2n) is 8.44. The molecule has 4 heterocycles. The van der Waals surface area contributed by atoms with Gasteiger partial charge in [-0.1, -0.05) is 13.0 Å². The van der Waals surface area contributed by atoms with Crippen LogP contribution in [-0.2, 0) is 16.1 Å². The van der Waals surface area contributed by atoms with Crippen LogP contribution in [0.5, 0.6) is 0 Å². The van der Waals surface area contributed by atoms with Gasteiger partial charge in [0.05, 0.1) is 18.6 Å². The molecule has 0 unspecified atom stereocenters. The highest BCUT2D eigenvalue weighted by molar-refractivity contribution is 5.84. The van der Waals surface area contributed by atoms with Gasteiger partial charge < -0.3 is 14.6 Å². The van der Waals surface area contributed by atoms with E-state index in [1.54, 1.807) is 0 Å². The van der Waals surface area contributed by atoms with Crippen LogP contribution in [0.25, 0.3) is 10.9 Å². The number of nitrogens with one attached hydrogen (secondary N) is 1. The van der Waals surface area contributed by atoms with E-state index in [0.29, 0.717) is 31.2 Å². The standard InChI is InChI=1S/C22H29N3O2/c1-2-22(21(26)24-9-11-27-12-10-24)14-18-4-6-20(22)25(18)15-16-3-5-19-17(13-16)7-8-23-19/h3,5,7-8,13,18,20,23H,2,4,6,9-12,14-15H2,1H3/t18-,20+,22+/m0/s1. The Hall–Kier alpha value is -1.85. The normalized spacial score (nSPS) is 31.1. The number of rotatable bonds is 4. The molecule has 1 amide bonds. The van der Waals surface area contributed by atoms with Crippen molar-refractivity contribution in [1.29, 1.82) is 0 Å². The molecule has 1 aromatic carbocycles. The van der Waals surface area contributed by atoms with Crippen molar-refractivity contribution in [3.8, 4) is 0 Å². The number of amides is 1. The number of carbonyl (C=O) groups excluding carboxylic acids is 1. The first kappa shape index (κ1) is 17.3. The third-order valence-corrected chi connectivity index (χ3v) is 7.22. The summed E-state index contributed by atoms with van der Waals surface area (Å²) < 4.78 is 5.46. The number of H-pyrrole nitrogens is 1. The summed E-state index contributed by atoms with van der Waals surface area (Å²) in [5, 5.41) is 1.27. The van der Waals surface area contributed by atoms with Crippen LogP contribution in [0.4, 0.5) is 0 Å². The molecule has 2 bridgehead atoms. The van der Waals surface area contributed by atoms with Crippen molar-refractivity contribution in [1.82, 2.24) is 14.8 Å². The zero-order valence-electron chi connectivity index (χ0n) is 16.1. The minimum atomic E-state index is -0.196. The number of morpholine rings is 1. The Morgan fingerprint density at radius 1 is 1.26 bits per heavy atom. The number of benzene rings is 1. The summed E-state index contributed by atoms with van der Waals surface area (Å²) in [5.74, 6) is 0.381. The van der Waals surface area contributed by atoms with Crippen molar-refractivity contribution < 1.29 is 9.53 Å². The smallest absolute Gasteiger partial charge is 0.230 e. The van der Waals surface area contributed by atoms with Crippen LogP contribution >= 0.6 is 0 Å². The molecule has 5 nitrogen and oxygen atoms in total. The molecule has 5 heteroatoms. The molecule has 3 aliphatic heterocycles. The van der Waals surface area contributed by atoms with E-state index in [-0.39, 0.29) is 5.41 Å². The van der Waals surface area contributed by atoms with E-state index in [2.05, 4.69) is 46.0 Å². The third-order valence-electron chi connectivity index (χ3n) is 7.22. The minimum Gasteiger partial charge on any atom is -0.378 e. The Morgan fingerprint density at radius 3 is 2.93 bits per heavy atom. The quantitative estimate of drug-likeness (QED) is 0.903. The van der Waals surface area contributed by atoms with Gasteiger partial charge in [0.15, 0.2) is 0 Å². The van der Waals surface area contributed by atoms with Gasteiger partial charge in [0.1, 0.15) is 0 Å². The highest BCUT2D eigenvalue weighted by Crippen LogP contribution is 2.53. The predicted octanol–water partition coefficient (Wildman–Crippen LogP) is 3.16. The molecule has 3 aliphatic rings. The molecule has 2 aromatic rings. The number of hydrogen-bond acceptors (Lipinski definition) is 3. The average Bonchev–Trinajstić information content (AvgIpc) is 3.41. The topological polar surface area (TPSA) is 48.6 Å². The molecule has 3 saturated heterocycles. The van der Waals surface area contributed by atoms with Gasteiger partial charge >= 0.3 is 0 Å². The van der Waals surface area contributed by atoms with E-state index < -0.39 is 0 Å². The van der Waals surface area contributed by atoms with E-state index >= 15 is 0 Å². The SMILES string of the molecule is CC[C@@]1(C(=O)N2CCOCC2)C[C@@H]2CC[C@H]1N2Cc1ccc2[nH]ccc2c1. The molecule has 3 atom stereocenters. The second kappa shape index (κ2) is 6.64. The number of aromatic amines is 1. The Balaban J connectivity index is 1.39. The summed E-state index contributed by atoms with van der Waals surface area (Å²) in [4.78, 5) is 21.5. The lowest BCUT2D eigenvalue weighted by Gasteiger charge is -2.40. The number of fused-ring (bicyclic) bond motifs is 3. The lowest BCUT2D eigenvalue weighted by Crippen LogP contribution is -2.53. The zero-order valence-corrected chi connectivity index (χ0v) is 16.1. The van der Waals surface area contributed by atoms with Crippen molar-refractivity contribution in [2.75, 3.05) is 26.3 Å². The van der Waals surface area contributed by atoms with Crippen LogP contribution in [0.15, 0.2) is 30.5 Å². The zero-order chi connectivity index (χ0) is 18.4. The monoisotopic (exact) mass is 367 g/mol. The van der Waals surface area contributed by atoms with Gasteiger partial charge in [-0.3, -0.25) is 9.69 Å². The summed E-state index contributed by atoms with van der Waals surface area (Å²) in [6, 6.07) is 9.76. The fourth-order valence-electron chi connectivity index (χ4n) is 5.80. The molecular formula is C22H29N3O2. The average molecular weight is 367 g/mol. The molecule has 5 rings (SSSR count). The Bertz CT molecular complexity index is 841. The van der Waals surface area contributed by atoms with Crippen LogP contribution in [0.1, 0.15) is 38.2 Å². The molecule has 3 fully saturated rings. The third kappa shape index (κ3) is 2.71. The van der Waals surface area contributed by atoms with E-state index in [0.717, 1.165) is 38.9 Å². The minimum absolute atomic E-state index is 0.196. The number of nitrogens with zero attached hydrogens (tertiary/aromatic N) is 2. The van der Waals surface area contributed by atoms with Crippen LogP contribution in [0, 0.1) is 5.41 Å². The van der Waals surface area contributed by atoms with Crippen LogP contribution in [-0.4, -0.2) is 59.1 Å². The molecule has 0 saturated carbocycles. The van der Waals surface area contributed by atoms with Crippen molar-refractivity contribution >= 4 is 16.8 Å². The molecule has 27 heavy (non-hydrogen) atoms. The molecule has 0 spiro atoms. The molecular weight excluding hydrogens is 338 g/mol. The number of hydrogen-bond donors (Lipinski definition) is 1. The Labute approximate surface area is 160 Å².